The zero-order valence-electron chi connectivity index (χ0n) is 13.7. The van der Waals surface area contributed by atoms with Gasteiger partial charge in [0.1, 0.15) is 12.7 Å². The van der Waals surface area contributed by atoms with Crippen LogP contribution in [0.1, 0.15) is 11.1 Å². The van der Waals surface area contributed by atoms with E-state index in [2.05, 4.69) is 31.5 Å². The number of rotatable bonds is 8. The van der Waals surface area contributed by atoms with Crippen molar-refractivity contribution in [1.29, 1.82) is 5.26 Å². The predicted octanol–water partition coefficient (Wildman–Crippen LogP) is 2.52. The first-order valence-electron chi connectivity index (χ1n) is 7.49. The van der Waals surface area contributed by atoms with Gasteiger partial charge in [-0.05, 0) is 42.0 Å². The first-order valence-corrected chi connectivity index (χ1v) is 8.15. The van der Waals surface area contributed by atoms with Gasteiger partial charge in [0, 0.05) is 0 Å². The summed E-state index contributed by atoms with van der Waals surface area (Å²) in [4.78, 5) is 3.86. The molecule has 0 aliphatic rings. The highest BCUT2D eigenvalue weighted by Gasteiger charge is 2.13. The van der Waals surface area contributed by atoms with Crippen molar-refractivity contribution in [2.75, 3.05) is 5.01 Å². The van der Waals surface area contributed by atoms with Crippen LogP contribution in [0, 0.1) is 17.1 Å². The molecule has 1 aromatic heterocycles. The zero-order chi connectivity index (χ0) is 19.1. The lowest BCUT2D eigenvalue weighted by Crippen LogP contribution is -2.27. The molecule has 138 valence electrons. The summed E-state index contributed by atoms with van der Waals surface area (Å²) in [6.07, 6.45) is 3.04. The second-order valence-electron chi connectivity index (χ2n) is 5.14. The molecule has 9 nitrogen and oxygen atoms in total. The van der Waals surface area contributed by atoms with Gasteiger partial charge >= 0.3 is 0 Å². The van der Waals surface area contributed by atoms with Gasteiger partial charge in [0.2, 0.25) is 0 Å². The normalized spacial score (nSPS) is 10.4. The first kappa shape index (κ1) is 18.6. The molecule has 0 spiro atoms. The first-order chi connectivity index (χ1) is 13.2. The maximum atomic E-state index is 14.2. The quantitative estimate of drug-likeness (QED) is 0.269. The van der Waals surface area contributed by atoms with Crippen molar-refractivity contribution in [2.24, 2.45) is 5.90 Å². The van der Waals surface area contributed by atoms with E-state index < -0.39 is 5.82 Å². The van der Waals surface area contributed by atoms with Crippen LogP contribution in [0.15, 0.2) is 55.1 Å². The number of halogens is 1. The van der Waals surface area contributed by atoms with Gasteiger partial charge in [-0.2, -0.15) is 11.2 Å². The summed E-state index contributed by atoms with van der Waals surface area (Å²) in [5.74, 6) is 4.07. The van der Waals surface area contributed by atoms with E-state index in [0.29, 0.717) is 30.0 Å². The van der Waals surface area contributed by atoms with E-state index >= 15 is 0 Å². The molecule has 3 rings (SSSR count). The molecule has 0 aliphatic heterocycles. The molecule has 2 N–H and O–H groups in total. The molecule has 2 aromatic carbocycles. The van der Waals surface area contributed by atoms with E-state index in [9.17, 15) is 4.39 Å². The van der Waals surface area contributed by atoms with Gasteiger partial charge in [-0.3, -0.25) is 5.01 Å². The molecule has 0 atom stereocenters. The molecule has 3 aromatic rings. The highest BCUT2D eigenvalue weighted by molar-refractivity contribution is 7.90. The Bertz CT molecular complexity index is 917. The number of hydrogen-bond acceptors (Lipinski definition) is 9. The van der Waals surface area contributed by atoms with E-state index in [-0.39, 0.29) is 5.75 Å². The Morgan fingerprint density at radius 1 is 1.19 bits per heavy atom. The molecule has 11 heteroatoms. The van der Waals surface area contributed by atoms with Gasteiger partial charge in [-0.25, -0.2) is 9.07 Å². The van der Waals surface area contributed by atoms with Crippen molar-refractivity contribution in [3.63, 3.8) is 0 Å². The fourth-order valence-electron chi connectivity index (χ4n) is 2.28. The number of benzene rings is 2. The Kier molecular flexibility index (Phi) is 6.18. The average Bonchev–Trinajstić information content (AvgIpc) is 3.22. The number of nitrogens with two attached hydrogens (primary N) is 1. The molecular weight excluding hydrogens is 375 g/mol. The summed E-state index contributed by atoms with van der Waals surface area (Å²) in [6, 6.07) is 13.5. The monoisotopic (exact) mass is 388 g/mol. The summed E-state index contributed by atoms with van der Waals surface area (Å²) in [6.45, 7) is 0.316. The smallest absolute Gasteiger partial charge is 0.260 e. The fourth-order valence-corrected chi connectivity index (χ4v) is 2.55. The molecule has 0 unspecified atom stereocenters. The van der Waals surface area contributed by atoms with Gasteiger partial charge in [0.15, 0.2) is 11.6 Å². The third-order valence-corrected chi connectivity index (χ3v) is 3.88. The van der Waals surface area contributed by atoms with E-state index in [4.69, 9.17) is 9.44 Å². The maximum Gasteiger partial charge on any atom is 0.260 e. The van der Waals surface area contributed by atoms with Crippen molar-refractivity contribution in [2.45, 2.75) is 6.54 Å². The highest BCUT2D eigenvalue weighted by Crippen LogP contribution is 2.25. The minimum Gasteiger partial charge on any atom is -0.395 e. The van der Waals surface area contributed by atoms with Crippen molar-refractivity contribution in [3.8, 4) is 11.8 Å². The van der Waals surface area contributed by atoms with E-state index in [1.165, 1.54) is 24.8 Å². The fraction of sp³-hybridized carbons (Fsp3) is 0.0625. The molecule has 0 aliphatic carbocycles. The molecule has 0 saturated carbocycles. The Morgan fingerprint density at radius 2 is 1.93 bits per heavy atom. The highest BCUT2D eigenvalue weighted by atomic mass is 32.2. The van der Waals surface area contributed by atoms with Gasteiger partial charge in [0.25, 0.3) is 12.3 Å². The summed E-state index contributed by atoms with van der Waals surface area (Å²) in [7, 11) is 0. The number of anilines is 1. The molecule has 1 heterocycles. The summed E-state index contributed by atoms with van der Waals surface area (Å²) in [5.41, 5.74) is 1.98. The minimum absolute atomic E-state index is 0.0324. The molecular formula is C16H13FN6O3S. The Morgan fingerprint density at radius 3 is 2.56 bits per heavy atom. The summed E-state index contributed by atoms with van der Waals surface area (Å²) >= 11 is 0.394. The number of nitrogens with zero attached hydrogens (tertiary/aromatic N) is 5. The van der Waals surface area contributed by atoms with Crippen LogP contribution in [0.2, 0.25) is 0 Å². The topological polar surface area (TPSA) is 111 Å². The van der Waals surface area contributed by atoms with Crippen LogP contribution in [0.4, 0.5) is 10.1 Å². The lowest BCUT2D eigenvalue weighted by Gasteiger charge is -2.25. The summed E-state index contributed by atoms with van der Waals surface area (Å²) in [5, 5.41) is 18.4. The van der Waals surface area contributed by atoms with Crippen LogP contribution >= 0.6 is 12.3 Å². The van der Waals surface area contributed by atoms with E-state index in [1.54, 1.807) is 35.0 Å². The average molecular weight is 388 g/mol. The molecule has 0 amide bonds. The molecule has 0 bridgehead atoms. The molecule has 27 heavy (non-hydrogen) atoms. The molecule has 0 radical (unpaired) electrons. The van der Waals surface area contributed by atoms with Gasteiger partial charge < -0.3 is 4.18 Å². The minimum atomic E-state index is -0.579. The number of hydrogen-bond donors (Lipinski definition) is 1. The van der Waals surface area contributed by atoms with Crippen LogP contribution in [-0.2, 0) is 15.9 Å². The van der Waals surface area contributed by atoms with Crippen molar-refractivity contribution >= 4 is 18.0 Å². The van der Waals surface area contributed by atoms with Crippen LogP contribution < -0.4 is 15.1 Å². The lowest BCUT2D eigenvalue weighted by atomic mass is 10.2. The van der Waals surface area contributed by atoms with Gasteiger partial charge in [-0.1, -0.05) is 6.07 Å². The zero-order valence-corrected chi connectivity index (χ0v) is 14.5. The largest absolute Gasteiger partial charge is 0.395 e. The molecule has 0 fully saturated rings. The van der Waals surface area contributed by atoms with Crippen molar-refractivity contribution in [1.82, 2.24) is 14.9 Å². The van der Waals surface area contributed by atoms with Crippen LogP contribution in [0.3, 0.4) is 0 Å². The van der Waals surface area contributed by atoms with Crippen molar-refractivity contribution < 1.29 is 17.9 Å². The predicted molar refractivity (Wildman–Crippen MR) is 93.7 cm³/mol. The Labute approximate surface area is 157 Å². The maximum absolute atomic E-state index is 14.2. The van der Waals surface area contributed by atoms with Crippen LogP contribution in [0.25, 0.3) is 0 Å². The van der Waals surface area contributed by atoms with E-state index in [0.717, 1.165) is 5.69 Å². The Balaban J connectivity index is 1.82. The second kappa shape index (κ2) is 8.97. The standard InChI is InChI=1S/C16H13FN6O3S/c17-15-7-13(3-6-16(15)24-27-26-25-19)9-23(22-10-20-21-11-22)14-4-1-12(8-18)2-5-14/h1-7,10-11H,9,19H2. The lowest BCUT2D eigenvalue weighted by molar-refractivity contribution is -0.199. The molecule has 0 saturated heterocycles. The Hall–Kier alpha value is -3.17. The van der Waals surface area contributed by atoms with Crippen LogP contribution in [-0.4, -0.2) is 14.9 Å². The van der Waals surface area contributed by atoms with Gasteiger partial charge in [-0.15, -0.1) is 19.5 Å². The SMILES string of the molecule is N#Cc1ccc(N(Cc2ccc(OSOON)c(F)c2)n2cnnc2)cc1. The van der Waals surface area contributed by atoms with E-state index in [1.807, 2.05) is 5.01 Å². The van der Waals surface area contributed by atoms with Gasteiger partial charge in [0.05, 0.1) is 23.9 Å². The number of nitriles is 1. The summed E-state index contributed by atoms with van der Waals surface area (Å²) < 4.78 is 25.1. The van der Waals surface area contributed by atoms with Crippen molar-refractivity contribution in [3.05, 3.63) is 72.1 Å². The third-order valence-electron chi connectivity index (χ3n) is 3.50. The third kappa shape index (κ3) is 4.72. The van der Waals surface area contributed by atoms with Crippen LogP contribution in [0.5, 0.6) is 5.75 Å². The second-order valence-corrected chi connectivity index (χ2v) is 5.58. The number of aromatic nitrogens is 3.